The van der Waals surface area contributed by atoms with Gasteiger partial charge in [-0.1, -0.05) is 60.3 Å². The fourth-order valence-electron chi connectivity index (χ4n) is 2.96. The molecule has 0 N–H and O–H groups in total. The largest absolute Gasteiger partial charge is 0.340 e. The van der Waals surface area contributed by atoms with E-state index in [2.05, 4.69) is 69.9 Å². The molecule has 3 aromatic rings. The third-order valence-corrected chi connectivity index (χ3v) is 4.46. The Labute approximate surface area is 128 Å². The maximum Gasteiger partial charge on any atom is 0.0492 e. The SMILES string of the molecule is CCCCCCn1c2ccccc2c2cc(Br)ccc21. The Morgan fingerprint density at radius 1 is 0.900 bits per heavy atom. The number of hydrogen-bond donors (Lipinski definition) is 0. The molecule has 0 spiro atoms. The lowest BCUT2D eigenvalue weighted by Gasteiger charge is -2.07. The molecule has 0 unspecified atom stereocenters. The average molecular weight is 330 g/mol. The molecule has 0 radical (unpaired) electrons. The fourth-order valence-corrected chi connectivity index (χ4v) is 3.32. The minimum absolute atomic E-state index is 1.12. The molecule has 0 aliphatic carbocycles. The van der Waals surface area contributed by atoms with Crippen LogP contribution in [0.2, 0.25) is 0 Å². The third-order valence-electron chi connectivity index (χ3n) is 3.97. The van der Waals surface area contributed by atoms with Crippen molar-refractivity contribution >= 4 is 37.7 Å². The molecule has 0 aliphatic rings. The van der Waals surface area contributed by atoms with Crippen molar-refractivity contribution in [2.45, 2.75) is 39.2 Å². The van der Waals surface area contributed by atoms with Crippen molar-refractivity contribution in [2.24, 2.45) is 0 Å². The van der Waals surface area contributed by atoms with Crippen LogP contribution in [0.4, 0.5) is 0 Å². The molecule has 0 saturated heterocycles. The van der Waals surface area contributed by atoms with Gasteiger partial charge in [0.05, 0.1) is 0 Å². The van der Waals surface area contributed by atoms with Gasteiger partial charge in [0.2, 0.25) is 0 Å². The van der Waals surface area contributed by atoms with Crippen molar-refractivity contribution < 1.29 is 0 Å². The van der Waals surface area contributed by atoms with Gasteiger partial charge in [0, 0.05) is 32.8 Å². The van der Waals surface area contributed by atoms with E-state index in [1.54, 1.807) is 0 Å². The van der Waals surface area contributed by atoms with Gasteiger partial charge in [-0.2, -0.15) is 0 Å². The zero-order valence-corrected chi connectivity index (χ0v) is 13.5. The molecule has 0 saturated carbocycles. The molecule has 2 heteroatoms. The Morgan fingerprint density at radius 2 is 1.70 bits per heavy atom. The van der Waals surface area contributed by atoms with E-state index in [0.717, 1.165) is 11.0 Å². The smallest absolute Gasteiger partial charge is 0.0492 e. The summed E-state index contributed by atoms with van der Waals surface area (Å²) in [5.74, 6) is 0. The van der Waals surface area contributed by atoms with Gasteiger partial charge in [-0.3, -0.25) is 0 Å². The summed E-state index contributed by atoms with van der Waals surface area (Å²) in [4.78, 5) is 0. The first-order valence-corrected chi connectivity index (χ1v) is 8.27. The minimum atomic E-state index is 1.12. The Balaban J connectivity index is 2.07. The van der Waals surface area contributed by atoms with Gasteiger partial charge in [0.1, 0.15) is 0 Å². The molecular formula is C18H20BrN. The van der Waals surface area contributed by atoms with E-state index in [1.807, 2.05) is 0 Å². The van der Waals surface area contributed by atoms with E-state index in [9.17, 15) is 0 Å². The molecule has 1 aromatic heterocycles. The highest BCUT2D eigenvalue weighted by Gasteiger charge is 2.09. The molecular weight excluding hydrogens is 310 g/mol. The van der Waals surface area contributed by atoms with Crippen LogP contribution in [0.1, 0.15) is 32.6 Å². The van der Waals surface area contributed by atoms with Gasteiger partial charge in [0.15, 0.2) is 0 Å². The predicted octanol–water partition coefficient (Wildman–Crippen LogP) is 6.14. The Kier molecular flexibility index (Phi) is 4.11. The predicted molar refractivity (Wildman–Crippen MR) is 91.3 cm³/mol. The second-order valence-electron chi connectivity index (χ2n) is 5.39. The summed E-state index contributed by atoms with van der Waals surface area (Å²) in [6.07, 6.45) is 5.21. The Morgan fingerprint density at radius 3 is 2.55 bits per heavy atom. The van der Waals surface area contributed by atoms with Crippen molar-refractivity contribution in [2.75, 3.05) is 0 Å². The highest BCUT2D eigenvalue weighted by Crippen LogP contribution is 2.31. The highest BCUT2D eigenvalue weighted by molar-refractivity contribution is 9.10. The third kappa shape index (κ3) is 2.49. The number of aromatic nitrogens is 1. The van der Waals surface area contributed by atoms with E-state index in [1.165, 1.54) is 47.5 Å². The van der Waals surface area contributed by atoms with Crippen LogP contribution < -0.4 is 0 Å². The first-order valence-electron chi connectivity index (χ1n) is 7.47. The summed E-state index contributed by atoms with van der Waals surface area (Å²) in [5, 5.41) is 2.71. The number of fused-ring (bicyclic) bond motifs is 3. The molecule has 1 heterocycles. The summed E-state index contributed by atoms with van der Waals surface area (Å²) in [6.45, 7) is 3.38. The van der Waals surface area contributed by atoms with Gasteiger partial charge >= 0.3 is 0 Å². The molecule has 0 amide bonds. The number of halogens is 1. The summed E-state index contributed by atoms with van der Waals surface area (Å²) < 4.78 is 3.63. The Hall–Kier alpha value is -1.28. The van der Waals surface area contributed by atoms with E-state index < -0.39 is 0 Å². The number of hydrogen-bond acceptors (Lipinski definition) is 0. The standard InChI is InChI=1S/C18H20BrN/c1-2-3-4-7-12-20-17-9-6-5-8-15(17)16-13-14(19)10-11-18(16)20/h5-6,8-11,13H,2-4,7,12H2,1H3. The quantitative estimate of drug-likeness (QED) is 0.495. The molecule has 0 fully saturated rings. The van der Waals surface area contributed by atoms with Gasteiger partial charge in [-0.15, -0.1) is 0 Å². The van der Waals surface area contributed by atoms with E-state index in [0.29, 0.717) is 0 Å². The van der Waals surface area contributed by atoms with E-state index >= 15 is 0 Å². The van der Waals surface area contributed by atoms with E-state index in [-0.39, 0.29) is 0 Å². The molecule has 20 heavy (non-hydrogen) atoms. The van der Waals surface area contributed by atoms with Gasteiger partial charge in [-0.25, -0.2) is 0 Å². The van der Waals surface area contributed by atoms with E-state index in [4.69, 9.17) is 0 Å². The lowest BCUT2D eigenvalue weighted by Crippen LogP contribution is -1.97. The van der Waals surface area contributed by atoms with Crippen LogP contribution in [0.3, 0.4) is 0 Å². The summed E-state index contributed by atoms with van der Waals surface area (Å²) in [5.41, 5.74) is 2.71. The van der Waals surface area contributed by atoms with Gasteiger partial charge < -0.3 is 4.57 Å². The monoisotopic (exact) mass is 329 g/mol. The topological polar surface area (TPSA) is 4.93 Å². The van der Waals surface area contributed by atoms with Crippen molar-refractivity contribution in [3.63, 3.8) is 0 Å². The van der Waals surface area contributed by atoms with Crippen molar-refractivity contribution in [1.82, 2.24) is 4.57 Å². The Bertz CT molecular complexity index is 727. The zero-order valence-electron chi connectivity index (χ0n) is 11.9. The van der Waals surface area contributed by atoms with Crippen molar-refractivity contribution in [1.29, 1.82) is 0 Å². The normalized spacial score (nSPS) is 11.5. The summed E-state index contributed by atoms with van der Waals surface area (Å²) in [6, 6.07) is 15.3. The number of aryl methyl sites for hydroxylation is 1. The zero-order chi connectivity index (χ0) is 13.9. The number of unbranched alkanes of at least 4 members (excludes halogenated alkanes) is 3. The minimum Gasteiger partial charge on any atom is -0.340 e. The number of nitrogens with zero attached hydrogens (tertiary/aromatic N) is 1. The number of para-hydroxylation sites is 1. The molecule has 2 aromatic carbocycles. The lowest BCUT2D eigenvalue weighted by atomic mass is 10.2. The van der Waals surface area contributed by atoms with Crippen LogP contribution in [-0.4, -0.2) is 4.57 Å². The molecule has 1 nitrogen and oxygen atoms in total. The van der Waals surface area contributed by atoms with Gasteiger partial charge in [0.25, 0.3) is 0 Å². The fraction of sp³-hybridized carbons (Fsp3) is 0.333. The lowest BCUT2D eigenvalue weighted by molar-refractivity contribution is 0.602. The molecule has 0 atom stereocenters. The molecule has 3 rings (SSSR count). The first kappa shape index (κ1) is 13.7. The van der Waals surface area contributed by atoms with Crippen LogP contribution in [0.15, 0.2) is 46.9 Å². The van der Waals surface area contributed by atoms with Crippen LogP contribution in [0.25, 0.3) is 21.8 Å². The van der Waals surface area contributed by atoms with Crippen LogP contribution in [0.5, 0.6) is 0 Å². The second kappa shape index (κ2) is 6.01. The number of benzene rings is 2. The maximum absolute atomic E-state index is 3.59. The first-order chi connectivity index (χ1) is 9.81. The van der Waals surface area contributed by atoms with Gasteiger partial charge in [-0.05, 0) is 30.7 Å². The number of rotatable bonds is 5. The summed E-state index contributed by atoms with van der Waals surface area (Å²) >= 11 is 3.59. The summed E-state index contributed by atoms with van der Waals surface area (Å²) in [7, 11) is 0. The highest BCUT2D eigenvalue weighted by atomic mass is 79.9. The van der Waals surface area contributed by atoms with Crippen LogP contribution >= 0.6 is 15.9 Å². The second-order valence-corrected chi connectivity index (χ2v) is 6.31. The molecule has 104 valence electrons. The molecule has 0 aliphatic heterocycles. The molecule has 0 bridgehead atoms. The van der Waals surface area contributed by atoms with Crippen molar-refractivity contribution in [3.05, 3.63) is 46.9 Å². The maximum atomic E-state index is 3.59. The van der Waals surface area contributed by atoms with Crippen LogP contribution in [-0.2, 0) is 6.54 Å². The average Bonchev–Trinajstić information content (AvgIpc) is 2.78. The van der Waals surface area contributed by atoms with Crippen LogP contribution in [0, 0.1) is 0 Å². The van der Waals surface area contributed by atoms with Crippen molar-refractivity contribution in [3.8, 4) is 0 Å².